The fraction of sp³-hybridized carbons (Fsp3) is 0.724. The molecule has 1 amide bonds. The topological polar surface area (TPSA) is 167 Å². The van der Waals surface area contributed by atoms with Crippen molar-refractivity contribution in [1.29, 1.82) is 0 Å². The van der Waals surface area contributed by atoms with Gasteiger partial charge in [0.15, 0.2) is 11.5 Å². The van der Waals surface area contributed by atoms with Crippen molar-refractivity contribution < 1.29 is 43.9 Å². The predicted octanol–water partition coefficient (Wildman–Crippen LogP) is 3.90. The Morgan fingerprint density at radius 1 is 1.00 bits per heavy atom. The van der Waals surface area contributed by atoms with E-state index in [-0.39, 0.29) is 43.6 Å². The first-order valence-electron chi connectivity index (χ1n) is 14.2. The van der Waals surface area contributed by atoms with Crippen LogP contribution >= 0.6 is 0 Å². The van der Waals surface area contributed by atoms with Crippen molar-refractivity contribution in [3.63, 3.8) is 0 Å². The molecular weight excluding hydrogens is 536 g/mol. The number of carboxylic acid groups (broad SMARTS) is 1. The van der Waals surface area contributed by atoms with E-state index in [0.717, 1.165) is 12.0 Å². The fourth-order valence-corrected chi connectivity index (χ4v) is 4.61. The standard InChI is InChI=1S/C29H48N2O10/c1-19(2)22(15-21-10-11-26(39-6)27(16-21)40-13-8-12-38-5)17-24(25(32)18-23(20(3)4)29(34)35)30-28(33)9-7-14-41-31(36)37/h10-11,16,19-20,22-25,32H,7-9,12-15,17-18H2,1-6H3,(H,30,33)(H,34,35)/t22-,23-,24-,25-/m0/s1. The first-order valence-corrected chi connectivity index (χ1v) is 14.2. The maximum Gasteiger partial charge on any atom is 0.306 e. The number of carbonyl (C=O) groups is 2. The molecule has 4 atom stereocenters. The number of amides is 1. The smallest absolute Gasteiger partial charge is 0.306 e. The number of rotatable bonds is 22. The molecule has 0 bridgehead atoms. The van der Waals surface area contributed by atoms with E-state index < -0.39 is 35.0 Å². The first-order chi connectivity index (χ1) is 19.4. The highest BCUT2D eigenvalue weighted by molar-refractivity contribution is 5.76. The molecule has 0 saturated heterocycles. The second-order valence-corrected chi connectivity index (χ2v) is 11.0. The fourth-order valence-electron chi connectivity index (χ4n) is 4.61. The summed E-state index contributed by atoms with van der Waals surface area (Å²) in [4.78, 5) is 39.2. The van der Waals surface area contributed by atoms with Crippen molar-refractivity contribution in [3.8, 4) is 11.5 Å². The molecule has 41 heavy (non-hydrogen) atoms. The number of hydrogen-bond acceptors (Lipinski definition) is 9. The summed E-state index contributed by atoms with van der Waals surface area (Å²) < 4.78 is 16.5. The van der Waals surface area contributed by atoms with Gasteiger partial charge in [-0.1, -0.05) is 33.8 Å². The number of carbonyl (C=O) groups excluding carboxylic acids is 1. The summed E-state index contributed by atoms with van der Waals surface area (Å²) in [5.74, 6) is -0.966. The Balaban J connectivity index is 3.11. The zero-order valence-electron chi connectivity index (χ0n) is 25.2. The van der Waals surface area contributed by atoms with Crippen molar-refractivity contribution in [2.24, 2.45) is 23.7 Å². The number of methoxy groups -OCH3 is 2. The number of hydrogen-bond donors (Lipinski definition) is 3. The average Bonchev–Trinajstić information content (AvgIpc) is 2.90. The van der Waals surface area contributed by atoms with E-state index >= 15 is 0 Å². The lowest BCUT2D eigenvalue weighted by Gasteiger charge is -2.32. The molecule has 0 fully saturated rings. The Morgan fingerprint density at radius 2 is 1.71 bits per heavy atom. The molecular formula is C29H48N2O10. The Hall–Kier alpha value is -3.12. The molecule has 0 spiro atoms. The number of aliphatic hydroxyl groups is 1. The largest absolute Gasteiger partial charge is 0.493 e. The lowest BCUT2D eigenvalue weighted by molar-refractivity contribution is -0.757. The lowest BCUT2D eigenvalue weighted by atomic mass is 9.80. The van der Waals surface area contributed by atoms with Crippen molar-refractivity contribution in [2.45, 2.75) is 78.4 Å². The van der Waals surface area contributed by atoms with E-state index in [1.807, 2.05) is 18.2 Å². The van der Waals surface area contributed by atoms with Crippen LogP contribution in [0, 0.1) is 33.8 Å². The molecule has 0 aromatic heterocycles. The van der Waals surface area contributed by atoms with Gasteiger partial charge in [-0.3, -0.25) is 9.59 Å². The molecule has 1 rings (SSSR count). The maximum absolute atomic E-state index is 12.7. The molecule has 0 aliphatic carbocycles. The van der Waals surface area contributed by atoms with Gasteiger partial charge in [0.05, 0.1) is 38.4 Å². The van der Waals surface area contributed by atoms with E-state index in [4.69, 9.17) is 14.2 Å². The van der Waals surface area contributed by atoms with Gasteiger partial charge in [-0.2, -0.15) is 0 Å². The molecule has 0 unspecified atom stereocenters. The zero-order valence-corrected chi connectivity index (χ0v) is 25.2. The number of ether oxygens (including phenoxy) is 3. The summed E-state index contributed by atoms with van der Waals surface area (Å²) in [6.45, 7) is 8.51. The molecule has 0 heterocycles. The van der Waals surface area contributed by atoms with Gasteiger partial charge in [0.2, 0.25) is 5.91 Å². The molecule has 0 aliphatic rings. The van der Waals surface area contributed by atoms with Gasteiger partial charge in [-0.15, -0.1) is 10.1 Å². The second-order valence-electron chi connectivity index (χ2n) is 11.0. The average molecular weight is 585 g/mol. The van der Waals surface area contributed by atoms with E-state index in [0.29, 0.717) is 37.6 Å². The van der Waals surface area contributed by atoms with Crippen LogP contribution in [0.15, 0.2) is 18.2 Å². The first kappa shape index (κ1) is 35.9. The number of aliphatic hydroxyl groups excluding tert-OH is 1. The van der Waals surface area contributed by atoms with Crippen LogP contribution in [-0.4, -0.2) is 73.4 Å². The van der Waals surface area contributed by atoms with Crippen LogP contribution in [0.2, 0.25) is 0 Å². The monoisotopic (exact) mass is 584 g/mol. The van der Waals surface area contributed by atoms with Crippen LogP contribution in [0.4, 0.5) is 0 Å². The zero-order chi connectivity index (χ0) is 30.9. The minimum Gasteiger partial charge on any atom is -0.493 e. The maximum atomic E-state index is 12.7. The third kappa shape index (κ3) is 13.9. The molecule has 0 saturated carbocycles. The van der Waals surface area contributed by atoms with Crippen LogP contribution in [0.1, 0.15) is 65.4 Å². The van der Waals surface area contributed by atoms with Gasteiger partial charge in [0.25, 0.3) is 5.09 Å². The van der Waals surface area contributed by atoms with Crippen LogP contribution in [0.5, 0.6) is 11.5 Å². The van der Waals surface area contributed by atoms with Crippen LogP contribution in [0.3, 0.4) is 0 Å². The Morgan fingerprint density at radius 3 is 2.27 bits per heavy atom. The summed E-state index contributed by atoms with van der Waals surface area (Å²) in [6, 6.07) is 5.02. The summed E-state index contributed by atoms with van der Waals surface area (Å²) in [7, 11) is 3.21. The Labute approximate surface area is 242 Å². The Kier molecular flexibility index (Phi) is 16.7. The van der Waals surface area contributed by atoms with E-state index in [2.05, 4.69) is 24.0 Å². The minimum atomic E-state index is -1.10. The molecule has 234 valence electrons. The van der Waals surface area contributed by atoms with Gasteiger partial charge in [0, 0.05) is 26.6 Å². The third-order valence-electron chi connectivity index (χ3n) is 7.15. The highest BCUT2D eigenvalue weighted by atomic mass is 16.9. The van der Waals surface area contributed by atoms with Crippen molar-refractivity contribution in [3.05, 3.63) is 33.9 Å². The molecule has 12 heteroatoms. The molecule has 1 aromatic rings. The van der Waals surface area contributed by atoms with E-state index in [9.17, 15) is 29.9 Å². The van der Waals surface area contributed by atoms with Crippen molar-refractivity contribution in [1.82, 2.24) is 5.32 Å². The lowest BCUT2D eigenvalue weighted by Crippen LogP contribution is -2.46. The van der Waals surface area contributed by atoms with E-state index in [1.54, 1.807) is 28.1 Å². The van der Waals surface area contributed by atoms with Crippen LogP contribution < -0.4 is 14.8 Å². The molecule has 0 radical (unpaired) electrons. The molecule has 0 aliphatic heterocycles. The minimum absolute atomic E-state index is 0.0184. The van der Waals surface area contributed by atoms with Gasteiger partial charge in [-0.25, -0.2) is 0 Å². The summed E-state index contributed by atoms with van der Waals surface area (Å²) in [5, 5.41) is 33.2. The SMILES string of the molecule is COCCCOc1cc(C[C@@H](C[C@H](NC(=O)CCCO[N+](=O)[O-])[C@@H](O)C[C@H](C(=O)O)C(C)C)C(C)C)ccc1OC. The van der Waals surface area contributed by atoms with Crippen molar-refractivity contribution in [2.75, 3.05) is 34.0 Å². The van der Waals surface area contributed by atoms with Gasteiger partial charge in [-0.05, 0) is 61.1 Å². The summed E-state index contributed by atoms with van der Waals surface area (Å²) in [5.41, 5.74) is 0.994. The summed E-state index contributed by atoms with van der Waals surface area (Å²) >= 11 is 0. The molecule has 1 aromatic carbocycles. The number of carboxylic acids is 1. The van der Waals surface area contributed by atoms with Crippen LogP contribution in [-0.2, 0) is 25.6 Å². The molecule has 12 nitrogen and oxygen atoms in total. The normalized spacial score (nSPS) is 14.3. The van der Waals surface area contributed by atoms with Gasteiger partial charge < -0.3 is 34.6 Å². The van der Waals surface area contributed by atoms with E-state index in [1.165, 1.54) is 0 Å². The Bertz CT molecular complexity index is 940. The number of aliphatic carboxylic acids is 1. The second kappa shape index (κ2) is 19.1. The quantitative estimate of drug-likeness (QED) is 0.103. The van der Waals surface area contributed by atoms with Gasteiger partial charge in [0.1, 0.15) is 0 Å². The highest BCUT2D eigenvalue weighted by Crippen LogP contribution is 2.32. The predicted molar refractivity (Wildman–Crippen MR) is 152 cm³/mol. The van der Waals surface area contributed by atoms with Crippen molar-refractivity contribution >= 4 is 11.9 Å². The number of benzene rings is 1. The number of nitrogens with zero attached hydrogens (tertiary/aromatic N) is 1. The molecule has 3 N–H and O–H groups in total. The summed E-state index contributed by atoms with van der Waals surface area (Å²) in [6.07, 6.45) is 0.729. The number of nitrogens with one attached hydrogen (secondary N) is 1. The van der Waals surface area contributed by atoms with Crippen LogP contribution in [0.25, 0.3) is 0 Å². The highest BCUT2D eigenvalue weighted by Gasteiger charge is 2.32. The third-order valence-corrected chi connectivity index (χ3v) is 7.15. The van der Waals surface area contributed by atoms with Gasteiger partial charge >= 0.3 is 5.97 Å².